The minimum Gasteiger partial charge on any atom is -0.352 e. The molecule has 1 atom stereocenters. The fraction of sp³-hybridized carbons (Fsp3) is 0.500. The third-order valence-corrected chi connectivity index (χ3v) is 5.56. The van der Waals surface area contributed by atoms with Crippen LogP contribution in [0.1, 0.15) is 27.9 Å². The molecule has 0 bridgehead atoms. The van der Waals surface area contributed by atoms with Crippen molar-refractivity contribution in [3.63, 3.8) is 0 Å². The predicted octanol–water partition coefficient (Wildman–Crippen LogP) is 2.89. The lowest BCUT2D eigenvalue weighted by molar-refractivity contribution is -0.143. The molecule has 1 heterocycles. The summed E-state index contributed by atoms with van der Waals surface area (Å²) in [5.41, 5.74) is -3.96. The first kappa shape index (κ1) is 19.5. The lowest BCUT2D eigenvalue weighted by Gasteiger charge is -2.15. The maximum Gasteiger partial charge on any atom is 0.416 e. The van der Waals surface area contributed by atoms with Crippen LogP contribution in [-0.2, 0) is 22.2 Å². The summed E-state index contributed by atoms with van der Waals surface area (Å²) >= 11 is 0. The summed E-state index contributed by atoms with van der Waals surface area (Å²) in [6, 6.07) is 0.590. The summed E-state index contributed by atoms with van der Waals surface area (Å²) in [5, 5.41) is 2.20. The quantitative estimate of drug-likeness (QED) is 0.809. The van der Waals surface area contributed by atoms with Crippen LogP contribution >= 0.6 is 0 Å². The normalized spacial score (nSPS) is 20.5. The Balaban J connectivity index is 2.21. The van der Waals surface area contributed by atoms with Crippen molar-refractivity contribution in [3.05, 3.63) is 34.9 Å². The fourth-order valence-corrected chi connectivity index (χ4v) is 4.32. The van der Waals surface area contributed by atoms with E-state index in [0.29, 0.717) is 12.1 Å². The SMILES string of the molecule is O=C(NC[C@H]1CCS(=O)(=O)C1)c1cc(C(F)(F)F)cc(C(F)(F)F)c1. The smallest absolute Gasteiger partial charge is 0.352 e. The molecule has 1 fully saturated rings. The van der Waals surface area contributed by atoms with Crippen molar-refractivity contribution in [2.24, 2.45) is 5.92 Å². The van der Waals surface area contributed by atoms with Crippen molar-refractivity contribution in [3.8, 4) is 0 Å². The van der Waals surface area contributed by atoms with Gasteiger partial charge in [0.05, 0.1) is 22.6 Å². The molecule has 1 saturated heterocycles. The Morgan fingerprint density at radius 3 is 1.96 bits per heavy atom. The summed E-state index contributed by atoms with van der Waals surface area (Å²) in [6.07, 6.45) is -9.81. The first-order valence-corrected chi connectivity index (χ1v) is 8.88. The number of rotatable bonds is 3. The maximum atomic E-state index is 12.8. The summed E-state index contributed by atoms with van der Waals surface area (Å²) in [5.74, 6) is -1.78. The van der Waals surface area contributed by atoms with Crippen molar-refractivity contribution in [1.82, 2.24) is 5.32 Å². The van der Waals surface area contributed by atoms with Gasteiger partial charge in [-0.15, -0.1) is 0 Å². The monoisotopic (exact) mass is 389 g/mol. The first-order chi connectivity index (χ1) is 11.3. The van der Waals surface area contributed by atoms with E-state index < -0.39 is 50.7 Å². The second kappa shape index (κ2) is 6.50. The number of halogens is 6. The molecule has 2 rings (SSSR count). The van der Waals surface area contributed by atoms with Gasteiger partial charge in [0.25, 0.3) is 5.91 Å². The average Bonchev–Trinajstić information content (AvgIpc) is 2.82. The number of alkyl halides is 6. The van der Waals surface area contributed by atoms with Crippen LogP contribution in [0.3, 0.4) is 0 Å². The minimum absolute atomic E-state index is 0.0602. The van der Waals surface area contributed by atoms with Crippen LogP contribution in [0, 0.1) is 5.92 Å². The van der Waals surface area contributed by atoms with E-state index in [1.54, 1.807) is 0 Å². The molecule has 1 aliphatic rings. The van der Waals surface area contributed by atoms with E-state index in [2.05, 4.69) is 5.32 Å². The Labute approximate surface area is 139 Å². The third kappa shape index (κ3) is 5.10. The highest BCUT2D eigenvalue weighted by Gasteiger charge is 2.37. The summed E-state index contributed by atoms with van der Waals surface area (Å²) in [7, 11) is -3.21. The molecule has 1 aromatic rings. The number of hydrogen-bond donors (Lipinski definition) is 1. The number of benzene rings is 1. The maximum absolute atomic E-state index is 12.8. The van der Waals surface area contributed by atoms with Crippen LogP contribution in [0.15, 0.2) is 18.2 Å². The van der Waals surface area contributed by atoms with Crippen LogP contribution in [0.2, 0.25) is 0 Å². The van der Waals surface area contributed by atoms with E-state index in [0.717, 1.165) is 0 Å². The van der Waals surface area contributed by atoms with Gasteiger partial charge < -0.3 is 5.32 Å². The van der Waals surface area contributed by atoms with E-state index in [-0.39, 0.29) is 30.5 Å². The van der Waals surface area contributed by atoms with Gasteiger partial charge in [-0.25, -0.2) is 8.42 Å². The predicted molar refractivity (Wildman–Crippen MR) is 75.5 cm³/mol. The summed E-state index contributed by atoms with van der Waals surface area (Å²) < 4.78 is 99.1. The highest BCUT2D eigenvalue weighted by Crippen LogP contribution is 2.36. The molecule has 1 aromatic carbocycles. The van der Waals surface area contributed by atoms with Crippen LogP contribution in [-0.4, -0.2) is 32.4 Å². The number of carbonyl (C=O) groups is 1. The van der Waals surface area contributed by atoms with E-state index >= 15 is 0 Å². The first-order valence-electron chi connectivity index (χ1n) is 7.06. The molecule has 1 aliphatic heterocycles. The number of sulfone groups is 1. The van der Waals surface area contributed by atoms with Crippen molar-refractivity contribution in [1.29, 1.82) is 0 Å². The second-order valence-electron chi connectivity index (χ2n) is 5.77. The molecule has 0 spiro atoms. The highest BCUT2D eigenvalue weighted by atomic mass is 32.2. The second-order valence-corrected chi connectivity index (χ2v) is 8.00. The Morgan fingerprint density at radius 1 is 1.04 bits per heavy atom. The molecule has 25 heavy (non-hydrogen) atoms. The Kier molecular flexibility index (Phi) is 5.08. The molecule has 140 valence electrons. The molecule has 4 nitrogen and oxygen atoms in total. The van der Waals surface area contributed by atoms with Crippen molar-refractivity contribution >= 4 is 15.7 Å². The summed E-state index contributed by atoms with van der Waals surface area (Å²) in [6.45, 7) is -0.143. The van der Waals surface area contributed by atoms with Crippen LogP contribution in [0.25, 0.3) is 0 Å². The molecular formula is C14H13F6NO3S. The van der Waals surface area contributed by atoms with E-state index in [9.17, 15) is 39.6 Å². The van der Waals surface area contributed by atoms with Gasteiger partial charge in [-0.3, -0.25) is 4.79 Å². The van der Waals surface area contributed by atoms with Gasteiger partial charge in [0.1, 0.15) is 0 Å². The van der Waals surface area contributed by atoms with E-state index in [1.807, 2.05) is 0 Å². The van der Waals surface area contributed by atoms with Crippen LogP contribution in [0.4, 0.5) is 26.3 Å². The Hall–Kier alpha value is -1.78. The summed E-state index contributed by atoms with van der Waals surface area (Å²) in [4.78, 5) is 11.9. The van der Waals surface area contributed by atoms with Gasteiger partial charge in [-0.1, -0.05) is 0 Å². The van der Waals surface area contributed by atoms with Gasteiger partial charge in [-0.05, 0) is 30.5 Å². The zero-order valence-electron chi connectivity index (χ0n) is 12.5. The van der Waals surface area contributed by atoms with Gasteiger partial charge in [0.15, 0.2) is 9.84 Å². The average molecular weight is 389 g/mol. The Bertz CT molecular complexity index is 738. The van der Waals surface area contributed by atoms with E-state index in [4.69, 9.17) is 0 Å². The highest BCUT2D eigenvalue weighted by molar-refractivity contribution is 7.91. The number of amides is 1. The molecule has 0 aliphatic carbocycles. The van der Waals surface area contributed by atoms with Gasteiger partial charge >= 0.3 is 12.4 Å². The molecule has 1 N–H and O–H groups in total. The zero-order valence-corrected chi connectivity index (χ0v) is 13.4. The number of carbonyl (C=O) groups excluding carboxylic acids is 1. The fourth-order valence-electron chi connectivity index (χ4n) is 2.46. The molecule has 1 amide bonds. The lowest BCUT2D eigenvalue weighted by atomic mass is 10.0. The van der Waals surface area contributed by atoms with Crippen LogP contribution in [0.5, 0.6) is 0 Å². The van der Waals surface area contributed by atoms with Gasteiger partial charge in [0.2, 0.25) is 0 Å². The third-order valence-electron chi connectivity index (χ3n) is 3.73. The standard InChI is InChI=1S/C14H13F6NO3S/c15-13(16,17)10-3-9(4-11(5-10)14(18,19)20)12(22)21-6-8-1-2-25(23,24)7-8/h3-5,8H,1-2,6-7H2,(H,21,22)/t8-/m1/s1. The molecular weight excluding hydrogens is 376 g/mol. The molecule has 0 saturated carbocycles. The van der Waals surface area contributed by atoms with Crippen molar-refractivity contribution in [2.45, 2.75) is 18.8 Å². The molecule has 11 heteroatoms. The van der Waals surface area contributed by atoms with Crippen molar-refractivity contribution < 1.29 is 39.6 Å². The number of hydrogen-bond acceptors (Lipinski definition) is 3. The van der Waals surface area contributed by atoms with Crippen LogP contribution < -0.4 is 5.32 Å². The topological polar surface area (TPSA) is 63.2 Å². The molecule has 0 aromatic heterocycles. The lowest BCUT2D eigenvalue weighted by Crippen LogP contribution is -2.30. The van der Waals surface area contributed by atoms with Crippen molar-refractivity contribution in [2.75, 3.05) is 18.1 Å². The van der Waals surface area contributed by atoms with Gasteiger partial charge in [-0.2, -0.15) is 26.3 Å². The zero-order chi connectivity index (χ0) is 19.0. The number of nitrogens with one attached hydrogen (secondary N) is 1. The molecule has 0 unspecified atom stereocenters. The van der Waals surface area contributed by atoms with E-state index in [1.165, 1.54) is 0 Å². The molecule has 0 radical (unpaired) electrons. The largest absolute Gasteiger partial charge is 0.416 e. The minimum atomic E-state index is -5.05. The van der Waals surface area contributed by atoms with Gasteiger partial charge in [0, 0.05) is 12.1 Å². The Morgan fingerprint density at radius 2 is 1.56 bits per heavy atom.